The Bertz CT molecular complexity index is 484. The van der Waals surface area contributed by atoms with Crippen LogP contribution in [0.25, 0.3) is 0 Å². The summed E-state index contributed by atoms with van der Waals surface area (Å²) in [5.41, 5.74) is 5.98. The van der Waals surface area contributed by atoms with Crippen molar-refractivity contribution >= 4 is 11.6 Å². The maximum atomic E-state index is 13.5. The summed E-state index contributed by atoms with van der Waals surface area (Å²) in [6, 6.07) is 4.04. The molecule has 21 heavy (non-hydrogen) atoms. The molecule has 0 unspecified atom stereocenters. The fourth-order valence-electron chi connectivity index (χ4n) is 2.60. The molecule has 1 aliphatic rings. The van der Waals surface area contributed by atoms with E-state index in [-0.39, 0.29) is 5.56 Å². The van der Waals surface area contributed by atoms with Gasteiger partial charge in [-0.15, -0.1) is 0 Å². The lowest BCUT2D eigenvalue weighted by Gasteiger charge is -2.30. The van der Waals surface area contributed by atoms with Gasteiger partial charge >= 0.3 is 0 Å². The maximum absolute atomic E-state index is 13.5. The van der Waals surface area contributed by atoms with Crippen molar-refractivity contribution in [2.45, 2.75) is 26.2 Å². The highest BCUT2D eigenvalue weighted by atomic mass is 19.1. The number of anilines is 1. The zero-order valence-electron chi connectivity index (χ0n) is 12.6. The van der Waals surface area contributed by atoms with Crippen LogP contribution in [-0.4, -0.2) is 37.0 Å². The SMILES string of the molecule is CC1CCN(CCCNC(=O)c2cc(N)ccc2F)CC1. The Hall–Kier alpha value is -1.62. The Morgan fingerprint density at radius 2 is 2.14 bits per heavy atom. The van der Waals surface area contributed by atoms with Gasteiger partial charge in [0.2, 0.25) is 0 Å². The number of nitrogens with two attached hydrogens (primary N) is 1. The number of amides is 1. The molecule has 0 aliphatic carbocycles. The number of nitrogens with zero attached hydrogens (tertiary/aromatic N) is 1. The number of carbonyl (C=O) groups excluding carboxylic acids is 1. The first-order valence-corrected chi connectivity index (χ1v) is 7.62. The average molecular weight is 293 g/mol. The molecule has 1 aromatic rings. The molecule has 0 radical (unpaired) electrons. The number of halogens is 1. The van der Waals surface area contributed by atoms with Gasteiger partial charge in [0, 0.05) is 12.2 Å². The van der Waals surface area contributed by atoms with Crippen molar-refractivity contribution in [2.24, 2.45) is 5.92 Å². The Balaban J connectivity index is 1.71. The first kappa shape index (κ1) is 15.8. The van der Waals surface area contributed by atoms with Crippen LogP contribution in [0.4, 0.5) is 10.1 Å². The van der Waals surface area contributed by atoms with E-state index in [2.05, 4.69) is 17.1 Å². The van der Waals surface area contributed by atoms with E-state index in [1.807, 2.05) is 0 Å². The number of hydrogen-bond acceptors (Lipinski definition) is 3. The summed E-state index contributed by atoms with van der Waals surface area (Å²) in [6.07, 6.45) is 3.38. The standard InChI is InChI=1S/C16H24FN3O/c1-12-5-9-20(10-6-12)8-2-7-19-16(21)14-11-13(18)3-4-15(14)17/h3-4,11-12H,2,5-10,18H2,1H3,(H,19,21). The third-order valence-electron chi connectivity index (χ3n) is 4.05. The predicted octanol–water partition coefficient (Wildman–Crippen LogP) is 2.26. The smallest absolute Gasteiger partial charge is 0.254 e. The molecule has 1 fully saturated rings. The van der Waals surface area contributed by atoms with Crippen LogP contribution in [0.5, 0.6) is 0 Å². The Labute approximate surface area is 125 Å². The van der Waals surface area contributed by atoms with E-state index in [9.17, 15) is 9.18 Å². The number of benzene rings is 1. The second-order valence-electron chi connectivity index (χ2n) is 5.87. The first-order valence-electron chi connectivity index (χ1n) is 7.62. The molecule has 1 amide bonds. The van der Waals surface area contributed by atoms with Crippen molar-refractivity contribution < 1.29 is 9.18 Å². The molecule has 2 rings (SSSR count). The van der Waals surface area contributed by atoms with Crippen LogP contribution < -0.4 is 11.1 Å². The zero-order chi connectivity index (χ0) is 15.2. The molecule has 4 nitrogen and oxygen atoms in total. The molecule has 0 aromatic heterocycles. The monoisotopic (exact) mass is 293 g/mol. The molecule has 0 saturated carbocycles. The van der Waals surface area contributed by atoms with E-state index >= 15 is 0 Å². The minimum atomic E-state index is -0.535. The van der Waals surface area contributed by atoms with E-state index in [1.54, 1.807) is 0 Å². The molecular formula is C16H24FN3O. The molecule has 1 heterocycles. The number of nitrogen functional groups attached to an aromatic ring is 1. The molecular weight excluding hydrogens is 269 g/mol. The summed E-state index contributed by atoms with van der Waals surface area (Å²) < 4.78 is 13.5. The van der Waals surface area contributed by atoms with Gasteiger partial charge in [0.05, 0.1) is 5.56 Å². The number of likely N-dealkylation sites (tertiary alicyclic amines) is 1. The van der Waals surface area contributed by atoms with Gasteiger partial charge in [-0.3, -0.25) is 4.79 Å². The largest absolute Gasteiger partial charge is 0.399 e. The normalized spacial score (nSPS) is 16.9. The van der Waals surface area contributed by atoms with Crippen molar-refractivity contribution in [3.8, 4) is 0 Å². The van der Waals surface area contributed by atoms with Gasteiger partial charge < -0.3 is 16.0 Å². The predicted molar refractivity (Wildman–Crippen MR) is 82.6 cm³/mol. The topological polar surface area (TPSA) is 58.4 Å². The first-order chi connectivity index (χ1) is 10.1. The second kappa shape index (κ2) is 7.41. The molecule has 1 saturated heterocycles. The van der Waals surface area contributed by atoms with Crippen molar-refractivity contribution in [2.75, 3.05) is 31.9 Å². The fraction of sp³-hybridized carbons (Fsp3) is 0.562. The maximum Gasteiger partial charge on any atom is 0.254 e. The minimum absolute atomic E-state index is 0.0156. The minimum Gasteiger partial charge on any atom is -0.399 e. The summed E-state index contributed by atoms with van der Waals surface area (Å²) in [5, 5.41) is 2.75. The quantitative estimate of drug-likeness (QED) is 0.647. The van der Waals surface area contributed by atoms with Gasteiger partial charge in [-0.25, -0.2) is 4.39 Å². The lowest BCUT2D eigenvalue weighted by Crippen LogP contribution is -2.35. The fourth-order valence-corrected chi connectivity index (χ4v) is 2.60. The molecule has 0 spiro atoms. The summed E-state index contributed by atoms with van der Waals surface area (Å²) >= 11 is 0. The van der Waals surface area contributed by atoms with Gasteiger partial charge in [-0.1, -0.05) is 6.92 Å². The Morgan fingerprint density at radius 3 is 2.86 bits per heavy atom. The van der Waals surface area contributed by atoms with Crippen LogP contribution in [0.3, 0.4) is 0 Å². The van der Waals surface area contributed by atoms with Gasteiger partial charge in [0.25, 0.3) is 5.91 Å². The van der Waals surface area contributed by atoms with E-state index in [1.165, 1.54) is 31.0 Å². The van der Waals surface area contributed by atoms with Crippen LogP contribution in [0.2, 0.25) is 0 Å². The molecule has 0 bridgehead atoms. The summed E-state index contributed by atoms with van der Waals surface area (Å²) in [4.78, 5) is 14.3. The van der Waals surface area contributed by atoms with Crippen LogP contribution >= 0.6 is 0 Å². The van der Waals surface area contributed by atoms with E-state index in [0.717, 1.165) is 32.0 Å². The average Bonchev–Trinajstić information content (AvgIpc) is 2.47. The molecule has 0 atom stereocenters. The van der Waals surface area contributed by atoms with Crippen LogP contribution in [0.1, 0.15) is 36.5 Å². The van der Waals surface area contributed by atoms with E-state index in [4.69, 9.17) is 5.73 Å². The second-order valence-corrected chi connectivity index (χ2v) is 5.87. The number of nitrogens with one attached hydrogen (secondary N) is 1. The highest BCUT2D eigenvalue weighted by Crippen LogP contribution is 2.16. The summed E-state index contributed by atoms with van der Waals surface area (Å²) in [6.45, 7) is 6.10. The van der Waals surface area contributed by atoms with Gasteiger partial charge in [-0.05, 0) is 63.0 Å². The molecule has 116 valence electrons. The number of hydrogen-bond donors (Lipinski definition) is 2. The molecule has 5 heteroatoms. The van der Waals surface area contributed by atoms with Gasteiger partial charge in [0.1, 0.15) is 5.82 Å². The van der Waals surface area contributed by atoms with E-state index < -0.39 is 11.7 Å². The van der Waals surface area contributed by atoms with Crippen LogP contribution in [0.15, 0.2) is 18.2 Å². The Kier molecular flexibility index (Phi) is 5.56. The highest BCUT2D eigenvalue weighted by Gasteiger charge is 2.15. The number of carbonyl (C=O) groups is 1. The van der Waals surface area contributed by atoms with Crippen molar-refractivity contribution in [1.29, 1.82) is 0 Å². The lowest BCUT2D eigenvalue weighted by molar-refractivity contribution is 0.0946. The zero-order valence-corrected chi connectivity index (χ0v) is 12.6. The summed E-state index contributed by atoms with van der Waals surface area (Å²) in [7, 11) is 0. The molecule has 1 aliphatic heterocycles. The number of piperidine rings is 1. The third-order valence-corrected chi connectivity index (χ3v) is 4.05. The third kappa shape index (κ3) is 4.70. The summed E-state index contributed by atoms with van der Waals surface area (Å²) in [5.74, 6) is -0.105. The van der Waals surface area contributed by atoms with Crippen LogP contribution in [-0.2, 0) is 0 Å². The molecule has 3 N–H and O–H groups in total. The van der Waals surface area contributed by atoms with Crippen LogP contribution in [0, 0.1) is 11.7 Å². The van der Waals surface area contributed by atoms with Gasteiger partial charge in [0.15, 0.2) is 0 Å². The van der Waals surface area contributed by atoms with Crippen molar-refractivity contribution in [1.82, 2.24) is 10.2 Å². The molecule has 1 aromatic carbocycles. The van der Waals surface area contributed by atoms with Crippen molar-refractivity contribution in [3.63, 3.8) is 0 Å². The number of rotatable bonds is 5. The van der Waals surface area contributed by atoms with E-state index in [0.29, 0.717) is 12.2 Å². The van der Waals surface area contributed by atoms with Gasteiger partial charge in [-0.2, -0.15) is 0 Å². The highest BCUT2D eigenvalue weighted by molar-refractivity contribution is 5.95. The van der Waals surface area contributed by atoms with Crippen molar-refractivity contribution in [3.05, 3.63) is 29.6 Å². The Morgan fingerprint density at radius 1 is 1.43 bits per heavy atom. The lowest BCUT2D eigenvalue weighted by atomic mass is 9.99.